The lowest BCUT2D eigenvalue weighted by Gasteiger charge is -2.39. The van der Waals surface area contributed by atoms with E-state index in [1.807, 2.05) is 34.6 Å². The van der Waals surface area contributed by atoms with E-state index >= 15 is 0 Å². The Morgan fingerprint density at radius 1 is 1.03 bits per heavy atom. The molecule has 0 spiro atoms. The van der Waals surface area contributed by atoms with Gasteiger partial charge in [-0.2, -0.15) is 0 Å². The van der Waals surface area contributed by atoms with E-state index in [1.165, 1.54) is 11.1 Å². The first-order valence-electron chi connectivity index (χ1n) is 11.2. The molecule has 31 heavy (non-hydrogen) atoms. The summed E-state index contributed by atoms with van der Waals surface area (Å²) in [7, 11) is -3.94. The predicted molar refractivity (Wildman–Crippen MR) is 123 cm³/mol. The third kappa shape index (κ3) is 5.40. The molecule has 0 saturated carbocycles. The topological polar surface area (TPSA) is 95.6 Å². The number of fused-ring (bicyclic) bond motifs is 2. The number of amides is 3. The molecule has 0 fully saturated rings. The average molecular weight is 450 g/mol. The van der Waals surface area contributed by atoms with Gasteiger partial charge in [0, 0.05) is 23.7 Å². The number of benzene rings is 1. The normalized spacial score (nSPS) is 15.5. The second kappa shape index (κ2) is 8.81. The summed E-state index contributed by atoms with van der Waals surface area (Å²) >= 11 is 0. The molecule has 0 saturated heterocycles. The fourth-order valence-corrected chi connectivity index (χ4v) is 5.96. The van der Waals surface area contributed by atoms with Gasteiger partial charge in [-0.05, 0) is 95.4 Å². The highest BCUT2D eigenvalue weighted by molar-refractivity contribution is 7.90. The summed E-state index contributed by atoms with van der Waals surface area (Å²) in [6.45, 7) is 9.56. The summed E-state index contributed by atoms with van der Waals surface area (Å²) in [6, 6.07) is 1.46. The van der Waals surface area contributed by atoms with Crippen molar-refractivity contribution >= 4 is 27.6 Å². The summed E-state index contributed by atoms with van der Waals surface area (Å²) < 4.78 is 27.1. The maximum atomic E-state index is 12.6. The van der Waals surface area contributed by atoms with Crippen LogP contribution in [-0.4, -0.2) is 42.6 Å². The lowest BCUT2D eigenvalue weighted by molar-refractivity contribution is -0.137. The number of nitrogens with one attached hydrogen (secondary N) is 2. The van der Waals surface area contributed by atoms with E-state index < -0.39 is 27.3 Å². The number of hydrogen-bond acceptors (Lipinski definition) is 4. The van der Waals surface area contributed by atoms with Crippen molar-refractivity contribution < 1.29 is 18.0 Å². The molecule has 7 nitrogen and oxygen atoms in total. The molecule has 0 heterocycles. The van der Waals surface area contributed by atoms with Gasteiger partial charge in [-0.25, -0.2) is 17.9 Å². The van der Waals surface area contributed by atoms with Gasteiger partial charge in [0.25, 0.3) is 0 Å². The first-order chi connectivity index (χ1) is 14.4. The van der Waals surface area contributed by atoms with Crippen LogP contribution in [-0.2, 0) is 40.5 Å². The molecule has 0 unspecified atom stereocenters. The molecule has 3 amide bonds. The first-order valence-corrected chi connectivity index (χ1v) is 12.8. The third-order valence-corrected chi connectivity index (χ3v) is 7.29. The maximum Gasteiger partial charge on any atom is 0.332 e. The molecular formula is C23H35N3O4S. The smallest absolute Gasteiger partial charge is 0.332 e. The standard InChI is InChI=1S/C23H35N3O4S/c1-15(2)26(23(3,4)5)20(27)12-13-31(29,30)25-22(28)24-21-18-10-6-8-16(18)14-17-9-7-11-19(17)21/h14-15H,6-13H2,1-5H3,(H2,24,25,28). The van der Waals surface area contributed by atoms with E-state index in [0.29, 0.717) is 0 Å². The average Bonchev–Trinajstić information content (AvgIpc) is 3.26. The van der Waals surface area contributed by atoms with E-state index in [9.17, 15) is 18.0 Å². The minimum absolute atomic E-state index is 0.0475. The first kappa shape index (κ1) is 23.6. The number of hydrogen-bond donors (Lipinski definition) is 2. The molecule has 1 aromatic carbocycles. The van der Waals surface area contributed by atoms with Gasteiger partial charge in [0.1, 0.15) is 0 Å². The van der Waals surface area contributed by atoms with Crippen molar-refractivity contribution in [2.75, 3.05) is 11.1 Å². The number of rotatable bonds is 6. The number of urea groups is 1. The van der Waals surface area contributed by atoms with Gasteiger partial charge in [-0.15, -0.1) is 0 Å². The van der Waals surface area contributed by atoms with Gasteiger partial charge in [-0.3, -0.25) is 4.79 Å². The minimum atomic E-state index is -3.94. The maximum absolute atomic E-state index is 12.6. The highest BCUT2D eigenvalue weighted by Crippen LogP contribution is 2.38. The van der Waals surface area contributed by atoms with Gasteiger partial charge in [0.05, 0.1) is 5.75 Å². The Labute approximate surface area is 186 Å². The van der Waals surface area contributed by atoms with Crippen molar-refractivity contribution in [3.8, 4) is 0 Å². The van der Waals surface area contributed by atoms with Crippen LogP contribution in [0.15, 0.2) is 6.07 Å². The molecule has 0 bridgehead atoms. The molecule has 1 aromatic rings. The zero-order chi connectivity index (χ0) is 23.0. The van der Waals surface area contributed by atoms with E-state index in [1.54, 1.807) is 4.90 Å². The number of anilines is 1. The lowest BCUT2D eigenvalue weighted by atomic mass is 9.99. The highest BCUT2D eigenvalue weighted by Gasteiger charge is 2.30. The van der Waals surface area contributed by atoms with Gasteiger partial charge in [0.15, 0.2) is 0 Å². The van der Waals surface area contributed by atoms with Crippen molar-refractivity contribution in [3.05, 3.63) is 28.3 Å². The Kier molecular flexibility index (Phi) is 6.69. The van der Waals surface area contributed by atoms with Crippen LogP contribution < -0.4 is 10.0 Å². The van der Waals surface area contributed by atoms with Crippen LogP contribution in [0.3, 0.4) is 0 Å². The molecule has 0 radical (unpaired) electrons. The molecule has 2 N–H and O–H groups in total. The molecule has 8 heteroatoms. The van der Waals surface area contributed by atoms with Crippen LogP contribution in [0, 0.1) is 0 Å². The second-order valence-electron chi connectivity index (χ2n) is 9.89. The Bertz CT molecular complexity index is 945. The third-order valence-electron chi connectivity index (χ3n) is 6.05. The number of nitrogens with zero attached hydrogens (tertiary/aromatic N) is 1. The molecule has 3 rings (SSSR count). The van der Waals surface area contributed by atoms with Crippen LogP contribution in [0.25, 0.3) is 0 Å². The molecule has 2 aliphatic rings. The van der Waals surface area contributed by atoms with Gasteiger partial charge in [-0.1, -0.05) is 6.07 Å². The Morgan fingerprint density at radius 3 is 2.06 bits per heavy atom. The number of carbonyl (C=O) groups is 2. The summed E-state index contributed by atoms with van der Waals surface area (Å²) in [4.78, 5) is 26.9. The summed E-state index contributed by atoms with van der Waals surface area (Å²) in [5, 5.41) is 2.83. The van der Waals surface area contributed by atoms with Crippen molar-refractivity contribution in [2.24, 2.45) is 0 Å². The lowest BCUT2D eigenvalue weighted by Crippen LogP contribution is -2.50. The number of sulfonamides is 1. The van der Waals surface area contributed by atoms with Crippen LogP contribution >= 0.6 is 0 Å². The van der Waals surface area contributed by atoms with E-state index in [2.05, 4.69) is 16.1 Å². The summed E-state index contributed by atoms with van der Waals surface area (Å²) in [6.07, 6.45) is 5.73. The van der Waals surface area contributed by atoms with E-state index in [-0.39, 0.29) is 18.4 Å². The van der Waals surface area contributed by atoms with Crippen LogP contribution in [0.2, 0.25) is 0 Å². The van der Waals surface area contributed by atoms with Crippen molar-refractivity contribution in [1.29, 1.82) is 0 Å². The second-order valence-corrected chi connectivity index (χ2v) is 11.7. The Morgan fingerprint density at radius 2 is 1.58 bits per heavy atom. The number of carbonyl (C=O) groups excluding carboxylic acids is 2. The monoisotopic (exact) mass is 449 g/mol. The highest BCUT2D eigenvalue weighted by atomic mass is 32.2. The Balaban J connectivity index is 1.66. The largest absolute Gasteiger partial charge is 0.335 e. The molecule has 0 aliphatic heterocycles. The molecular weight excluding hydrogens is 414 g/mol. The van der Waals surface area contributed by atoms with Crippen LogP contribution in [0.4, 0.5) is 10.5 Å². The van der Waals surface area contributed by atoms with Crippen molar-refractivity contribution in [1.82, 2.24) is 9.62 Å². The van der Waals surface area contributed by atoms with Crippen molar-refractivity contribution in [3.63, 3.8) is 0 Å². The zero-order valence-electron chi connectivity index (χ0n) is 19.3. The SMILES string of the molecule is CC(C)N(C(=O)CCS(=O)(=O)NC(=O)Nc1c2c(cc3c1CCC3)CCC2)C(C)(C)C. The fourth-order valence-electron chi connectivity index (χ4n) is 5.08. The molecule has 0 atom stereocenters. The van der Waals surface area contributed by atoms with Gasteiger partial charge >= 0.3 is 6.03 Å². The Hall–Kier alpha value is -2.09. The number of aryl methyl sites for hydroxylation is 2. The van der Waals surface area contributed by atoms with Crippen LogP contribution in [0.1, 0.15) is 76.1 Å². The predicted octanol–water partition coefficient (Wildman–Crippen LogP) is 3.54. The zero-order valence-corrected chi connectivity index (χ0v) is 20.1. The molecule has 0 aromatic heterocycles. The van der Waals surface area contributed by atoms with E-state index in [4.69, 9.17) is 0 Å². The fraction of sp³-hybridized carbons (Fsp3) is 0.652. The minimum Gasteiger partial charge on any atom is -0.335 e. The molecule has 172 valence electrons. The summed E-state index contributed by atoms with van der Waals surface area (Å²) in [5.41, 5.74) is 5.20. The van der Waals surface area contributed by atoms with Gasteiger partial charge in [0.2, 0.25) is 15.9 Å². The van der Waals surface area contributed by atoms with Crippen LogP contribution in [0.5, 0.6) is 0 Å². The van der Waals surface area contributed by atoms with Crippen molar-refractivity contribution in [2.45, 2.75) is 91.1 Å². The van der Waals surface area contributed by atoms with E-state index in [0.717, 1.165) is 55.3 Å². The quantitative estimate of drug-likeness (QED) is 0.694. The molecule has 2 aliphatic carbocycles. The van der Waals surface area contributed by atoms with Gasteiger partial charge < -0.3 is 10.2 Å². The summed E-state index contributed by atoms with van der Waals surface area (Å²) in [5.74, 6) is -0.671.